The van der Waals surface area contributed by atoms with E-state index in [-0.39, 0.29) is 11.1 Å². The molecule has 0 spiro atoms. The molecule has 0 bridgehead atoms. The van der Waals surface area contributed by atoms with E-state index in [0.717, 1.165) is 12.2 Å². The highest BCUT2D eigenvalue weighted by Gasteiger charge is 2.16. The zero-order valence-corrected chi connectivity index (χ0v) is 12.4. The number of hydrogen-bond donors (Lipinski definition) is 1. The molecule has 0 aliphatic carbocycles. The fourth-order valence-corrected chi connectivity index (χ4v) is 2.78. The summed E-state index contributed by atoms with van der Waals surface area (Å²) in [4.78, 5) is 3.35. The van der Waals surface area contributed by atoms with Crippen molar-refractivity contribution in [2.24, 2.45) is 0 Å². The van der Waals surface area contributed by atoms with Gasteiger partial charge in [0.15, 0.2) is 0 Å². The number of nitrogens with two attached hydrogens (primary N) is 1. The molecule has 2 N–H and O–H groups in total. The Morgan fingerprint density at radius 3 is 2.74 bits per heavy atom. The molecule has 102 valence electrons. The highest BCUT2D eigenvalue weighted by Crippen LogP contribution is 2.32. The van der Waals surface area contributed by atoms with Gasteiger partial charge in [-0.3, -0.25) is 0 Å². The molecule has 2 aromatic rings. The van der Waals surface area contributed by atoms with Crippen molar-refractivity contribution in [3.05, 3.63) is 45.4 Å². The molecule has 2 rings (SSSR count). The predicted molar refractivity (Wildman–Crippen MR) is 81.5 cm³/mol. The molecule has 0 unspecified atom stereocenters. The van der Waals surface area contributed by atoms with Crippen LogP contribution in [0.15, 0.2) is 29.6 Å². The fraction of sp³-hybridized carbons (Fsp3) is 0.286. The summed E-state index contributed by atoms with van der Waals surface area (Å²) in [5.41, 5.74) is 7.10. The smallest absolute Gasteiger partial charge is 0.143 e. The summed E-state index contributed by atoms with van der Waals surface area (Å²) in [6, 6.07) is 7.20. The lowest BCUT2D eigenvalue weighted by atomic mass is 10.2. The third-order valence-electron chi connectivity index (χ3n) is 2.91. The van der Waals surface area contributed by atoms with Crippen LogP contribution in [0.25, 0.3) is 0 Å². The molecule has 0 amide bonds. The Hall–Kier alpha value is -1.26. The van der Waals surface area contributed by atoms with Crippen LogP contribution in [-0.4, -0.2) is 6.04 Å². The maximum absolute atomic E-state index is 13.4. The minimum absolute atomic E-state index is 0.0982. The number of rotatable bonds is 4. The van der Waals surface area contributed by atoms with Gasteiger partial charge in [-0.2, -0.15) is 0 Å². The van der Waals surface area contributed by atoms with Crippen molar-refractivity contribution in [3.63, 3.8) is 0 Å². The Morgan fingerprint density at radius 1 is 1.42 bits per heavy atom. The van der Waals surface area contributed by atoms with Gasteiger partial charge in [0.2, 0.25) is 0 Å². The highest BCUT2D eigenvalue weighted by molar-refractivity contribution is 7.09. The molecule has 2 nitrogen and oxygen atoms in total. The van der Waals surface area contributed by atoms with Gasteiger partial charge in [-0.15, -0.1) is 11.3 Å². The summed E-state index contributed by atoms with van der Waals surface area (Å²) >= 11 is 7.55. The van der Waals surface area contributed by atoms with Gasteiger partial charge < -0.3 is 10.6 Å². The van der Waals surface area contributed by atoms with E-state index in [9.17, 15) is 4.39 Å². The van der Waals surface area contributed by atoms with Crippen LogP contribution in [-0.2, 0) is 6.54 Å². The van der Waals surface area contributed by atoms with E-state index in [1.807, 2.05) is 11.4 Å². The number of nitrogen functional groups attached to an aromatic ring is 1. The van der Waals surface area contributed by atoms with Crippen LogP contribution in [0, 0.1) is 5.82 Å². The van der Waals surface area contributed by atoms with Crippen molar-refractivity contribution in [2.45, 2.75) is 26.4 Å². The molecule has 1 heterocycles. The van der Waals surface area contributed by atoms with Gasteiger partial charge in [-0.1, -0.05) is 17.7 Å². The van der Waals surface area contributed by atoms with Gasteiger partial charge in [0.05, 0.1) is 22.9 Å². The summed E-state index contributed by atoms with van der Waals surface area (Å²) in [5, 5.41) is 2.13. The quantitative estimate of drug-likeness (QED) is 0.840. The minimum atomic E-state index is -0.484. The SMILES string of the molecule is CC(C)N(Cc1cccs1)c1cc(Cl)c(F)cc1N. The Kier molecular flexibility index (Phi) is 4.32. The van der Waals surface area contributed by atoms with Gasteiger partial charge in [-0.25, -0.2) is 4.39 Å². The van der Waals surface area contributed by atoms with E-state index in [1.165, 1.54) is 10.9 Å². The van der Waals surface area contributed by atoms with Crippen LogP contribution in [0.3, 0.4) is 0 Å². The van der Waals surface area contributed by atoms with Gasteiger partial charge in [0, 0.05) is 17.0 Å². The highest BCUT2D eigenvalue weighted by atomic mass is 35.5. The Bertz CT molecular complexity index is 555. The zero-order chi connectivity index (χ0) is 14.0. The van der Waals surface area contributed by atoms with Crippen LogP contribution in [0.5, 0.6) is 0 Å². The monoisotopic (exact) mass is 298 g/mol. The lowest BCUT2D eigenvalue weighted by molar-refractivity contribution is 0.627. The largest absolute Gasteiger partial charge is 0.397 e. The summed E-state index contributed by atoms with van der Waals surface area (Å²) in [7, 11) is 0. The normalized spacial score (nSPS) is 11.0. The summed E-state index contributed by atoms with van der Waals surface area (Å²) < 4.78 is 13.4. The molecular weight excluding hydrogens is 283 g/mol. The first-order chi connectivity index (χ1) is 8.99. The average Bonchev–Trinajstić information content (AvgIpc) is 2.84. The fourth-order valence-electron chi connectivity index (χ4n) is 1.92. The summed E-state index contributed by atoms with van der Waals surface area (Å²) in [5.74, 6) is -0.484. The first-order valence-electron chi connectivity index (χ1n) is 6.02. The molecule has 0 fully saturated rings. The van der Waals surface area contributed by atoms with Gasteiger partial charge in [0.1, 0.15) is 5.82 Å². The molecule has 19 heavy (non-hydrogen) atoms. The maximum Gasteiger partial charge on any atom is 0.143 e. The van der Waals surface area contributed by atoms with E-state index in [2.05, 4.69) is 24.8 Å². The number of hydrogen-bond acceptors (Lipinski definition) is 3. The first kappa shape index (κ1) is 14.2. The van der Waals surface area contributed by atoms with E-state index < -0.39 is 5.82 Å². The van der Waals surface area contributed by atoms with Crippen LogP contribution in [0.4, 0.5) is 15.8 Å². The average molecular weight is 299 g/mol. The molecule has 0 saturated carbocycles. The number of benzene rings is 1. The van der Waals surface area contributed by atoms with Crippen LogP contribution in [0.2, 0.25) is 5.02 Å². The maximum atomic E-state index is 13.4. The molecule has 1 aromatic heterocycles. The van der Waals surface area contributed by atoms with Crippen molar-refractivity contribution >= 4 is 34.3 Å². The van der Waals surface area contributed by atoms with Crippen LogP contribution < -0.4 is 10.6 Å². The van der Waals surface area contributed by atoms with Crippen molar-refractivity contribution in [1.29, 1.82) is 0 Å². The van der Waals surface area contributed by atoms with Gasteiger partial charge in [-0.05, 0) is 31.4 Å². The summed E-state index contributed by atoms with van der Waals surface area (Å²) in [6.45, 7) is 4.89. The molecule has 1 aromatic carbocycles. The van der Waals surface area contributed by atoms with Crippen LogP contribution >= 0.6 is 22.9 Å². The van der Waals surface area contributed by atoms with Gasteiger partial charge >= 0.3 is 0 Å². The molecule has 0 atom stereocenters. The zero-order valence-electron chi connectivity index (χ0n) is 10.9. The van der Waals surface area contributed by atoms with Crippen molar-refractivity contribution < 1.29 is 4.39 Å². The minimum Gasteiger partial charge on any atom is -0.397 e. The topological polar surface area (TPSA) is 29.3 Å². The predicted octanol–water partition coefficient (Wildman–Crippen LogP) is 4.54. The molecular formula is C14H16ClFN2S. The second-order valence-corrected chi connectivity index (χ2v) is 6.07. The molecule has 5 heteroatoms. The molecule has 0 aliphatic heterocycles. The number of thiophene rings is 1. The van der Waals surface area contributed by atoms with E-state index in [4.69, 9.17) is 17.3 Å². The van der Waals surface area contributed by atoms with Crippen molar-refractivity contribution in [3.8, 4) is 0 Å². The Labute approximate surface area is 121 Å². The van der Waals surface area contributed by atoms with Gasteiger partial charge in [0.25, 0.3) is 0 Å². The molecule has 0 radical (unpaired) electrons. The number of halogens is 2. The molecule has 0 aliphatic rings. The van der Waals surface area contributed by atoms with E-state index in [0.29, 0.717) is 5.69 Å². The lowest BCUT2D eigenvalue weighted by Crippen LogP contribution is -2.30. The van der Waals surface area contributed by atoms with Crippen molar-refractivity contribution in [2.75, 3.05) is 10.6 Å². The first-order valence-corrected chi connectivity index (χ1v) is 7.28. The number of anilines is 2. The van der Waals surface area contributed by atoms with Crippen LogP contribution in [0.1, 0.15) is 18.7 Å². The second-order valence-electron chi connectivity index (χ2n) is 4.63. The van der Waals surface area contributed by atoms with E-state index >= 15 is 0 Å². The Balaban J connectivity index is 2.36. The van der Waals surface area contributed by atoms with E-state index in [1.54, 1.807) is 17.4 Å². The Morgan fingerprint density at radius 2 is 2.16 bits per heavy atom. The number of nitrogens with zero attached hydrogens (tertiary/aromatic N) is 1. The molecule has 0 saturated heterocycles. The summed E-state index contributed by atoms with van der Waals surface area (Å²) in [6.07, 6.45) is 0. The lowest BCUT2D eigenvalue weighted by Gasteiger charge is -2.30. The van der Waals surface area contributed by atoms with Crippen molar-refractivity contribution in [1.82, 2.24) is 0 Å². The standard InChI is InChI=1S/C14H16ClFN2S/c1-9(2)18(8-10-4-3-5-19-10)14-6-11(15)12(16)7-13(14)17/h3-7,9H,8,17H2,1-2H3. The third kappa shape index (κ3) is 3.19. The third-order valence-corrected chi connectivity index (χ3v) is 4.06. The second kappa shape index (κ2) is 5.80.